The highest BCUT2D eigenvalue weighted by atomic mass is 32.2. The third-order valence-corrected chi connectivity index (χ3v) is 6.94. The number of methoxy groups -OCH3 is 1. The average Bonchev–Trinajstić information content (AvgIpc) is 2.87. The molecule has 1 aliphatic rings. The molecule has 0 unspecified atom stereocenters. The molecule has 9 heteroatoms. The number of esters is 1. The molecule has 0 aromatic heterocycles. The van der Waals surface area contributed by atoms with E-state index in [0.29, 0.717) is 24.5 Å². The fourth-order valence-corrected chi connectivity index (χ4v) is 4.78. The molecule has 1 amide bonds. The number of anilines is 1. The molecule has 0 aliphatic carbocycles. The lowest BCUT2D eigenvalue weighted by molar-refractivity contribution is -0.135. The number of carbonyl (C=O) groups is 2. The number of para-hydroxylation sites is 2. The van der Waals surface area contributed by atoms with E-state index in [0.717, 1.165) is 12.0 Å². The van der Waals surface area contributed by atoms with Gasteiger partial charge < -0.3 is 14.4 Å². The zero-order chi connectivity index (χ0) is 24.1. The Morgan fingerprint density at radius 2 is 1.62 bits per heavy atom. The van der Waals surface area contributed by atoms with Crippen LogP contribution in [0.25, 0.3) is 0 Å². The van der Waals surface area contributed by atoms with Crippen molar-refractivity contribution in [3.05, 3.63) is 89.5 Å². The molecule has 34 heavy (non-hydrogen) atoms. The Balaban J connectivity index is 1.35. The van der Waals surface area contributed by atoms with Crippen LogP contribution >= 0.6 is 0 Å². The number of amides is 1. The number of hydrogen-bond donors (Lipinski definition) is 1. The topological polar surface area (TPSA) is 102 Å². The van der Waals surface area contributed by atoms with E-state index in [-0.39, 0.29) is 23.0 Å². The van der Waals surface area contributed by atoms with Gasteiger partial charge in [0.25, 0.3) is 15.9 Å². The molecule has 1 heterocycles. The van der Waals surface area contributed by atoms with Gasteiger partial charge in [-0.2, -0.15) is 0 Å². The Morgan fingerprint density at radius 3 is 2.35 bits per heavy atom. The summed E-state index contributed by atoms with van der Waals surface area (Å²) in [6.45, 7) is 0.674. The maximum atomic E-state index is 12.7. The van der Waals surface area contributed by atoms with Crippen molar-refractivity contribution in [1.29, 1.82) is 0 Å². The fraction of sp³-hybridized carbons (Fsp3) is 0.200. The van der Waals surface area contributed by atoms with Crippen molar-refractivity contribution in [2.45, 2.75) is 17.9 Å². The molecular weight excluding hydrogens is 456 g/mol. The molecule has 0 saturated carbocycles. The monoisotopic (exact) mass is 480 g/mol. The zero-order valence-electron chi connectivity index (χ0n) is 18.6. The van der Waals surface area contributed by atoms with Crippen molar-refractivity contribution in [3.8, 4) is 5.75 Å². The molecule has 0 bridgehead atoms. The van der Waals surface area contributed by atoms with Crippen molar-refractivity contribution in [2.75, 3.05) is 25.0 Å². The smallest absolute Gasteiger partial charge is 0.338 e. The van der Waals surface area contributed by atoms with E-state index in [1.807, 2.05) is 24.3 Å². The van der Waals surface area contributed by atoms with Crippen LogP contribution in [-0.2, 0) is 32.5 Å². The van der Waals surface area contributed by atoms with Gasteiger partial charge in [-0.3, -0.25) is 9.52 Å². The summed E-state index contributed by atoms with van der Waals surface area (Å²) in [6.07, 6.45) is 0.759. The van der Waals surface area contributed by atoms with Crippen LogP contribution in [0.2, 0.25) is 0 Å². The van der Waals surface area contributed by atoms with Gasteiger partial charge in [0.15, 0.2) is 6.61 Å². The SMILES string of the molecule is COc1ccccc1NS(=O)(=O)c1ccc(C(=O)OCC(=O)N2CCc3ccccc3C2)cc1. The number of nitrogens with one attached hydrogen (secondary N) is 1. The first-order valence-electron chi connectivity index (χ1n) is 10.6. The lowest BCUT2D eigenvalue weighted by atomic mass is 10.00. The van der Waals surface area contributed by atoms with Crippen molar-refractivity contribution in [2.24, 2.45) is 0 Å². The number of carbonyl (C=O) groups excluding carboxylic acids is 2. The summed E-state index contributed by atoms with van der Waals surface area (Å²) < 4.78 is 38.2. The normalized spacial score (nSPS) is 13.0. The highest BCUT2D eigenvalue weighted by Gasteiger charge is 2.22. The zero-order valence-corrected chi connectivity index (χ0v) is 19.4. The minimum Gasteiger partial charge on any atom is -0.495 e. The molecule has 4 rings (SSSR count). The van der Waals surface area contributed by atoms with Crippen LogP contribution < -0.4 is 9.46 Å². The number of nitrogens with zero attached hydrogens (tertiary/aromatic N) is 1. The third-order valence-electron chi connectivity index (χ3n) is 5.56. The Labute approximate surface area is 198 Å². The molecule has 3 aromatic carbocycles. The van der Waals surface area contributed by atoms with Gasteiger partial charge in [0.1, 0.15) is 5.75 Å². The van der Waals surface area contributed by atoms with Gasteiger partial charge in [-0.15, -0.1) is 0 Å². The van der Waals surface area contributed by atoms with E-state index >= 15 is 0 Å². The molecule has 8 nitrogen and oxygen atoms in total. The molecule has 0 spiro atoms. The minimum atomic E-state index is -3.90. The van der Waals surface area contributed by atoms with Crippen molar-refractivity contribution < 1.29 is 27.5 Å². The Morgan fingerprint density at radius 1 is 0.941 bits per heavy atom. The summed E-state index contributed by atoms with van der Waals surface area (Å²) in [5.41, 5.74) is 2.76. The number of hydrogen-bond acceptors (Lipinski definition) is 6. The van der Waals surface area contributed by atoms with E-state index in [4.69, 9.17) is 9.47 Å². The van der Waals surface area contributed by atoms with Crippen molar-refractivity contribution in [3.63, 3.8) is 0 Å². The van der Waals surface area contributed by atoms with Crippen LogP contribution in [-0.4, -0.2) is 45.5 Å². The van der Waals surface area contributed by atoms with Gasteiger partial charge in [0.05, 0.1) is 23.3 Å². The molecule has 0 atom stereocenters. The van der Waals surface area contributed by atoms with Gasteiger partial charge in [-0.1, -0.05) is 36.4 Å². The van der Waals surface area contributed by atoms with Crippen LogP contribution in [0, 0.1) is 0 Å². The van der Waals surface area contributed by atoms with Crippen LogP contribution in [0.4, 0.5) is 5.69 Å². The molecule has 3 aromatic rings. The Hall–Kier alpha value is -3.85. The summed E-state index contributed by atoms with van der Waals surface area (Å²) in [4.78, 5) is 26.5. The molecule has 0 radical (unpaired) electrons. The van der Waals surface area contributed by atoms with Gasteiger partial charge in [-0.05, 0) is 53.9 Å². The van der Waals surface area contributed by atoms with Crippen LogP contribution in [0.5, 0.6) is 5.75 Å². The van der Waals surface area contributed by atoms with Crippen LogP contribution in [0.3, 0.4) is 0 Å². The summed E-state index contributed by atoms with van der Waals surface area (Å²) in [5.74, 6) is -0.594. The standard InChI is InChI=1S/C25H24N2O6S/c1-32-23-9-5-4-8-22(23)26-34(30,31)21-12-10-19(11-13-21)25(29)33-17-24(28)27-15-14-18-6-2-3-7-20(18)16-27/h2-13,26H,14-17H2,1H3. The van der Waals surface area contributed by atoms with E-state index in [1.54, 1.807) is 29.2 Å². The van der Waals surface area contributed by atoms with Crippen LogP contribution in [0.1, 0.15) is 21.5 Å². The van der Waals surface area contributed by atoms with Gasteiger partial charge in [-0.25, -0.2) is 13.2 Å². The molecule has 1 aliphatic heterocycles. The largest absolute Gasteiger partial charge is 0.495 e. The van der Waals surface area contributed by atoms with E-state index in [1.165, 1.54) is 36.9 Å². The van der Waals surface area contributed by atoms with Gasteiger partial charge >= 0.3 is 5.97 Å². The lowest BCUT2D eigenvalue weighted by Gasteiger charge is -2.28. The van der Waals surface area contributed by atoms with Crippen molar-refractivity contribution in [1.82, 2.24) is 4.90 Å². The highest BCUT2D eigenvalue weighted by Crippen LogP contribution is 2.26. The maximum Gasteiger partial charge on any atom is 0.338 e. The predicted molar refractivity (Wildman–Crippen MR) is 126 cm³/mol. The highest BCUT2D eigenvalue weighted by molar-refractivity contribution is 7.92. The van der Waals surface area contributed by atoms with Gasteiger partial charge in [0.2, 0.25) is 0 Å². The fourth-order valence-electron chi connectivity index (χ4n) is 3.71. The summed E-state index contributed by atoms with van der Waals surface area (Å²) in [5, 5.41) is 0. The summed E-state index contributed by atoms with van der Waals surface area (Å²) in [7, 11) is -2.45. The second-order valence-corrected chi connectivity index (χ2v) is 9.42. The Bertz CT molecular complexity index is 1300. The average molecular weight is 481 g/mol. The molecule has 1 N–H and O–H groups in total. The first-order chi connectivity index (χ1) is 16.4. The quantitative estimate of drug-likeness (QED) is 0.521. The number of ether oxygens (including phenoxy) is 2. The van der Waals surface area contributed by atoms with Crippen molar-refractivity contribution >= 4 is 27.6 Å². The van der Waals surface area contributed by atoms with Crippen LogP contribution in [0.15, 0.2) is 77.7 Å². The summed E-state index contributed by atoms with van der Waals surface area (Å²) in [6, 6.07) is 19.9. The van der Waals surface area contributed by atoms with E-state index in [9.17, 15) is 18.0 Å². The molecule has 0 fully saturated rings. The molecular formula is C25H24N2O6S. The second kappa shape index (κ2) is 9.96. The second-order valence-electron chi connectivity index (χ2n) is 7.74. The molecule has 0 saturated heterocycles. The number of fused-ring (bicyclic) bond motifs is 1. The number of benzene rings is 3. The lowest BCUT2D eigenvalue weighted by Crippen LogP contribution is -2.38. The minimum absolute atomic E-state index is 0.0296. The van der Waals surface area contributed by atoms with Gasteiger partial charge in [0, 0.05) is 13.1 Å². The Kier molecular flexibility index (Phi) is 6.83. The first kappa shape index (κ1) is 23.3. The number of rotatable bonds is 7. The van der Waals surface area contributed by atoms with E-state index < -0.39 is 16.0 Å². The first-order valence-corrected chi connectivity index (χ1v) is 12.1. The number of sulfonamides is 1. The molecule has 176 valence electrons. The maximum absolute atomic E-state index is 12.7. The summed E-state index contributed by atoms with van der Waals surface area (Å²) >= 11 is 0. The predicted octanol–water partition coefficient (Wildman–Crippen LogP) is 3.24. The van der Waals surface area contributed by atoms with E-state index in [2.05, 4.69) is 4.72 Å². The third kappa shape index (κ3) is 5.20.